The molecular formula is C13H16N4S. The highest BCUT2D eigenvalue weighted by Crippen LogP contribution is 2.17. The molecule has 2 aromatic rings. The summed E-state index contributed by atoms with van der Waals surface area (Å²) in [5.41, 5.74) is 4.63. The zero-order chi connectivity index (χ0) is 13.3. The van der Waals surface area contributed by atoms with Crippen LogP contribution >= 0.6 is 12.2 Å². The second kappa shape index (κ2) is 4.86. The van der Waals surface area contributed by atoms with Crippen LogP contribution in [0.25, 0.3) is 11.0 Å². The Morgan fingerprint density at radius 1 is 1.11 bits per heavy atom. The molecule has 18 heavy (non-hydrogen) atoms. The Hall–Kier alpha value is -1.75. The van der Waals surface area contributed by atoms with E-state index in [1.54, 1.807) is 0 Å². The summed E-state index contributed by atoms with van der Waals surface area (Å²) in [5, 5.41) is 3.83. The van der Waals surface area contributed by atoms with Gasteiger partial charge in [-0.3, -0.25) is 0 Å². The van der Waals surface area contributed by atoms with E-state index in [1.807, 2.05) is 51.0 Å². The fraction of sp³-hybridized carbons (Fsp3) is 0.308. The van der Waals surface area contributed by atoms with Crippen LogP contribution in [-0.4, -0.2) is 34.1 Å². The van der Waals surface area contributed by atoms with Gasteiger partial charge in [0.1, 0.15) is 0 Å². The van der Waals surface area contributed by atoms with Crippen LogP contribution in [0.3, 0.4) is 0 Å². The summed E-state index contributed by atoms with van der Waals surface area (Å²) in [6.45, 7) is 3.93. The van der Waals surface area contributed by atoms with Crippen LogP contribution in [0.2, 0.25) is 0 Å². The minimum atomic E-state index is 0.672. The lowest BCUT2D eigenvalue weighted by atomic mass is 10.2. The molecular weight excluding hydrogens is 244 g/mol. The van der Waals surface area contributed by atoms with Crippen molar-refractivity contribution in [1.82, 2.24) is 14.9 Å². The van der Waals surface area contributed by atoms with Crippen molar-refractivity contribution in [2.75, 3.05) is 19.4 Å². The average Bonchev–Trinajstić information content (AvgIpc) is 2.31. The molecule has 0 saturated heterocycles. The molecule has 0 radical (unpaired) electrons. The number of aryl methyl sites for hydroxylation is 2. The van der Waals surface area contributed by atoms with Crippen molar-refractivity contribution < 1.29 is 0 Å². The van der Waals surface area contributed by atoms with Gasteiger partial charge < -0.3 is 10.2 Å². The normalized spacial score (nSPS) is 10.4. The van der Waals surface area contributed by atoms with Gasteiger partial charge in [0.05, 0.1) is 22.4 Å². The van der Waals surface area contributed by atoms with Gasteiger partial charge in [-0.1, -0.05) is 0 Å². The predicted molar refractivity (Wildman–Crippen MR) is 78.9 cm³/mol. The molecule has 1 aromatic heterocycles. The Bertz CT molecular complexity index is 607. The molecule has 0 unspecified atom stereocenters. The second-order valence-electron chi connectivity index (χ2n) is 4.42. The molecule has 5 heteroatoms. The quantitative estimate of drug-likeness (QED) is 0.798. The van der Waals surface area contributed by atoms with Crippen molar-refractivity contribution in [2.45, 2.75) is 13.8 Å². The number of thiocarbonyl (C=S) groups is 1. The number of aromatic nitrogens is 2. The van der Waals surface area contributed by atoms with Gasteiger partial charge in [-0.05, 0) is 44.3 Å². The number of nitrogens with one attached hydrogen (secondary N) is 1. The summed E-state index contributed by atoms with van der Waals surface area (Å²) < 4.78 is 0. The van der Waals surface area contributed by atoms with Crippen molar-refractivity contribution in [3.05, 3.63) is 29.6 Å². The largest absolute Gasteiger partial charge is 0.355 e. The van der Waals surface area contributed by atoms with Crippen LogP contribution in [-0.2, 0) is 0 Å². The summed E-state index contributed by atoms with van der Waals surface area (Å²) >= 11 is 5.21. The zero-order valence-corrected chi connectivity index (χ0v) is 11.8. The average molecular weight is 260 g/mol. The molecule has 0 saturated carbocycles. The molecule has 0 atom stereocenters. The molecule has 1 aromatic carbocycles. The Balaban J connectivity index is 2.38. The molecule has 0 aliphatic rings. The van der Waals surface area contributed by atoms with Gasteiger partial charge in [0.15, 0.2) is 5.11 Å². The van der Waals surface area contributed by atoms with Crippen LogP contribution in [0.5, 0.6) is 0 Å². The highest BCUT2D eigenvalue weighted by molar-refractivity contribution is 7.80. The number of rotatable bonds is 1. The fourth-order valence-electron chi connectivity index (χ4n) is 1.54. The standard InChI is InChI=1S/C13H16N4S/c1-8-9(2)15-12-7-10(5-6-11(12)14-8)16-13(18)17(3)4/h5-7H,1-4H3,(H,16,18). The third-order valence-electron chi connectivity index (χ3n) is 2.73. The number of benzene rings is 1. The van der Waals surface area contributed by atoms with Crippen molar-refractivity contribution in [3.63, 3.8) is 0 Å². The third-order valence-corrected chi connectivity index (χ3v) is 3.20. The van der Waals surface area contributed by atoms with E-state index in [0.717, 1.165) is 28.1 Å². The number of hydrogen-bond acceptors (Lipinski definition) is 3. The number of nitrogens with zero attached hydrogens (tertiary/aromatic N) is 3. The van der Waals surface area contributed by atoms with E-state index in [4.69, 9.17) is 12.2 Å². The molecule has 0 amide bonds. The van der Waals surface area contributed by atoms with Gasteiger partial charge in [0.25, 0.3) is 0 Å². The Morgan fingerprint density at radius 3 is 2.33 bits per heavy atom. The van der Waals surface area contributed by atoms with Crippen molar-refractivity contribution in [2.24, 2.45) is 0 Å². The molecule has 94 valence electrons. The van der Waals surface area contributed by atoms with E-state index < -0.39 is 0 Å². The Kier molecular flexibility index (Phi) is 3.43. The molecule has 0 aliphatic carbocycles. The van der Waals surface area contributed by atoms with Gasteiger partial charge in [0.2, 0.25) is 0 Å². The summed E-state index contributed by atoms with van der Waals surface area (Å²) in [4.78, 5) is 10.9. The lowest BCUT2D eigenvalue weighted by Gasteiger charge is -2.15. The first-order valence-corrected chi connectivity index (χ1v) is 6.11. The SMILES string of the molecule is Cc1nc2ccc(NC(=S)N(C)C)cc2nc1C. The molecule has 0 bridgehead atoms. The van der Waals surface area contributed by atoms with Crippen molar-refractivity contribution in [3.8, 4) is 0 Å². The van der Waals surface area contributed by atoms with Crippen LogP contribution < -0.4 is 5.32 Å². The van der Waals surface area contributed by atoms with Gasteiger partial charge in [-0.2, -0.15) is 0 Å². The summed E-state index contributed by atoms with van der Waals surface area (Å²) in [5.74, 6) is 0. The molecule has 1 N–H and O–H groups in total. The highest BCUT2D eigenvalue weighted by atomic mass is 32.1. The Morgan fingerprint density at radius 2 is 1.72 bits per heavy atom. The third kappa shape index (κ3) is 2.56. The molecule has 4 nitrogen and oxygen atoms in total. The van der Waals surface area contributed by atoms with E-state index >= 15 is 0 Å². The second-order valence-corrected chi connectivity index (χ2v) is 4.81. The van der Waals surface area contributed by atoms with Crippen molar-refractivity contribution >= 4 is 34.1 Å². The van der Waals surface area contributed by atoms with Gasteiger partial charge in [0, 0.05) is 19.8 Å². The van der Waals surface area contributed by atoms with E-state index in [0.29, 0.717) is 5.11 Å². The maximum Gasteiger partial charge on any atom is 0.172 e. The predicted octanol–water partition coefficient (Wildman–Crippen LogP) is 2.51. The van der Waals surface area contributed by atoms with E-state index in [9.17, 15) is 0 Å². The Labute approximate surface area is 112 Å². The monoisotopic (exact) mass is 260 g/mol. The number of anilines is 1. The van der Waals surface area contributed by atoms with Crippen molar-refractivity contribution in [1.29, 1.82) is 0 Å². The fourth-order valence-corrected chi connectivity index (χ4v) is 1.66. The first-order valence-electron chi connectivity index (χ1n) is 5.70. The lowest BCUT2D eigenvalue weighted by Crippen LogP contribution is -2.26. The minimum Gasteiger partial charge on any atom is -0.355 e. The van der Waals surface area contributed by atoms with E-state index in [1.165, 1.54) is 0 Å². The minimum absolute atomic E-state index is 0.672. The molecule has 0 spiro atoms. The lowest BCUT2D eigenvalue weighted by molar-refractivity contribution is 0.634. The molecule has 0 aliphatic heterocycles. The summed E-state index contributed by atoms with van der Waals surface area (Å²) in [6.07, 6.45) is 0. The molecule has 2 rings (SSSR count). The summed E-state index contributed by atoms with van der Waals surface area (Å²) in [6, 6.07) is 5.88. The highest BCUT2D eigenvalue weighted by Gasteiger charge is 2.04. The van der Waals surface area contributed by atoms with Gasteiger partial charge in [-0.15, -0.1) is 0 Å². The smallest absolute Gasteiger partial charge is 0.172 e. The van der Waals surface area contributed by atoms with Crippen LogP contribution in [0.1, 0.15) is 11.4 Å². The number of fused-ring (bicyclic) bond motifs is 1. The van der Waals surface area contributed by atoms with Crippen LogP contribution in [0.4, 0.5) is 5.69 Å². The first kappa shape index (κ1) is 12.7. The first-order chi connectivity index (χ1) is 8.47. The van der Waals surface area contributed by atoms with Crippen LogP contribution in [0.15, 0.2) is 18.2 Å². The van der Waals surface area contributed by atoms with Gasteiger partial charge in [-0.25, -0.2) is 9.97 Å². The van der Waals surface area contributed by atoms with E-state index in [-0.39, 0.29) is 0 Å². The molecule has 0 fully saturated rings. The maximum absolute atomic E-state index is 5.21. The number of hydrogen-bond donors (Lipinski definition) is 1. The topological polar surface area (TPSA) is 41.1 Å². The van der Waals surface area contributed by atoms with Gasteiger partial charge >= 0.3 is 0 Å². The summed E-state index contributed by atoms with van der Waals surface area (Å²) in [7, 11) is 3.81. The van der Waals surface area contributed by atoms with Crippen LogP contribution in [0, 0.1) is 13.8 Å². The van der Waals surface area contributed by atoms with E-state index in [2.05, 4.69) is 15.3 Å². The maximum atomic E-state index is 5.21. The molecule has 1 heterocycles. The zero-order valence-electron chi connectivity index (χ0n) is 11.0.